The number of phosphoric acid groups is 2. The van der Waals surface area contributed by atoms with Gasteiger partial charge in [0.05, 0.1) is 26.4 Å². The van der Waals surface area contributed by atoms with Crippen molar-refractivity contribution in [3.8, 4) is 0 Å². The fourth-order valence-electron chi connectivity index (χ4n) is 13.7. The predicted octanol–water partition coefficient (Wildman–Crippen LogP) is 32.1. The van der Waals surface area contributed by atoms with Crippen LogP contribution in [0.15, 0.2) is 194 Å². The maximum absolute atomic E-state index is 13.1. The van der Waals surface area contributed by atoms with E-state index in [1.54, 1.807) is 0 Å². The van der Waals surface area contributed by atoms with Gasteiger partial charge >= 0.3 is 33.6 Å². The van der Waals surface area contributed by atoms with Crippen molar-refractivity contribution in [1.29, 1.82) is 0 Å². The number of phosphoric ester groups is 2. The van der Waals surface area contributed by atoms with E-state index in [1.807, 2.05) is 0 Å². The number of carbonyl (C=O) groups excluding carboxylic acids is 3. The van der Waals surface area contributed by atoms with Gasteiger partial charge < -0.3 is 34.2 Å². The van der Waals surface area contributed by atoms with Gasteiger partial charge in [0, 0.05) is 19.3 Å². The van der Waals surface area contributed by atoms with Crippen LogP contribution in [0, 0.1) is 0 Å². The van der Waals surface area contributed by atoms with E-state index in [2.05, 4.69) is 215 Å². The van der Waals surface area contributed by atoms with Gasteiger partial charge in [-0.15, -0.1) is 0 Å². The molecule has 0 saturated carbocycles. The summed E-state index contributed by atoms with van der Waals surface area (Å²) in [6.45, 7) is 2.48. The van der Waals surface area contributed by atoms with Crippen molar-refractivity contribution in [3.63, 3.8) is 0 Å². The van der Waals surface area contributed by atoms with E-state index in [-0.39, 0.29) is 19.3 Å². The zero-order valence-electron chi connectivity index (χ0n) is 80.4. The van der Waals surface area contributed by atoms with Crippen molar-refractivity contribution < 1.29 is 75.8 Å². The summed E-state index contributed by atoms with van der Waals surface area (Å²) in [4.78, 5) is 59.2. The van der Waals surface area contributed by atoms with E-state index in [0.717, 1.165) is 186 Å². The molecule has 0 aliphatic rings. The lowest BCUT2D eigenvalue weighted by Gasteiger charge is -2.21. The molecular formula is C109H184O16P2. The molecule has 5 atom stereocenters. The first-order valence-corrected chi connectivity index (χ1v) is 53.7. The highest BCUT2D eigenvalue weighted by atomic mass is 31.2. The minimum absolute atomic E-state index is 0.0981. The Labute approximate surface area is 776 Å². The van der Waals surface area contributed by atoms with E-state index in [0.29, 0.717) is 19.3 Å². The summed E-state index contributed by atoms with van der Waals surface area (Å²) in [6.07, 6.45) is 133. The second-order valence-electron chi connectivity index (χ2n) is 33.5. The van der Waals surface area contributed by atoms with Gasteiger partial charge in [-0.25, -0.2) is 9.13 Å². The molecule has 0 aromatic carbocycles. The first-order valence-electron chi connectivity index (χ1n) is 50.7. The van der Waals surface area contributed by atoms with Crippen LogP contribution in [-0.2, 0) is 55.8 Å². The molecule has 18 heteroatoms. The van der Waals surface area contributed by atoms with Crippen LogP contribution in [0.2, 0.25) is 0 Å². The monoisotopic (exact) mass is 1810 g/mol. The van der Waals surface area contributed by atoms with Gasteiger partial charge in [-0.2, -0.15) is 0 Å². The van der Waals surface area contributed by atoms with Gasteiger partial charge in [-0.3, -0.25) is 32.5 Å². The molecule has 726 valence electrons. The van der Waals surface area contributed by atoms with Crippen molar-refractivity contribution in [2.45, 2.75) is 437 Å². The average molecular weight is 1810 g/mol. The largest absolute Gasteiger partial charge is 0.472 e. The van der Waals surface area contributed by atoms with Gasteiger partial charge in [-0.05, 0) is 167 Å². The molecule has 0 aromatic heterocycles. The zero-order valence-corrected chi connectivity index (χ0v) is 82.2. The topological polar surface area (TPSA) is 231 Å². The third-order valence-corrected chi connectivity index (χ3v) is 23.2. The number of esters is 3. The van der Waals surface area contributed by atoms with Crippen LogP contribution >= 0.6 is 15.6 Å². The maximum atomic E-state index is 13.1. The molecule has 0 spiro atoms. The van der Waals surface area contributed by atoms with E-state index < -0.39 is 91.5 Å². The molecule has 127 heavy (non-hydrogen) atoms. The van der Waals surface area contributed by atoms with E-state index in [9.17, 15) is 43.5 Å². The molecular weight excluding hydrogens is 1630 g/mol. The van der Waals surface area contributed by atoms with Crippen molar-refractivity contribution in [1.82, 2.24) is 0 Å². The van der Waals surface area contributed by atoms with Crippen molar-refractivity contribution in [3.05, 3.63) is 194 Å². The molecule has 0 saturated heterocycles. The highest BCUT2D eigenvalue weighted by molar-refractivity contribution is 7.47. The summed E-state index contributed by atoms with van der Waals surface area (Å²) in [5.74, 6) is -1.57. The molecule has 0 heterocycles. The molecule has 0 bridgehead atoms. The highest BCUT2D eigenvalue weighted by Crippen LogP contribution is 2.45. The molecule has 16 nitrogen and oxygen atoms in total. The minimum atomic E-state index is -4.95. The van der Waals surface area contributed by atoms with Crippen molar-refractivity contribution in [2.75, 3.05) is 39.6 Å². The first-order chi connectivity index (χ1) is 62.2. The Morgan fingerprint density at radius 2 is 0.417 bits per heavy atom. The number of ether oxygens (including phenoxy) is 3. The lowest BCUT2D eigenvalue weighted by atomic mass is 10.0. The molecule has 0 aromatic rings. The molecule has 5 unspecified atom stereocenters. The number of allylic oxidation sites excluding steroid dienone is 32. The lowest BCUT2D eigenvalue weighted by Crippen LogP contribution is -2.30. The molecule has 4 N–H and O–H groups in total. The molecule has 0 aliphatic heterocycles. The lowest BCUT2D eigenvalue weighted by molar-refractivity contribution is -0.161. The van der Waals surface area contributed by atoms with Crippen LogP contribution < -0.4 is 0 Å². The van der Waals surface area contributed by atoms with Crippen LogP contribution in [0.4, 0.5) is 0 Å². The maximum Gasteiger partial charge on any atom is 0.472 e. The van der Waals surface area contributed by atoms with E-state index in [1.165, 1.54) is 173 Å². The smallest absolute Gasteiger partial charge is 0.463 e. The Kier molecular flexibility index (Phi) is 95.0. The normalized spacial score (nSPS) is 14.5. The number of carbonyl (C=O) groups is 3. The quantitative estimate of drug-likeness (QED) is 0.0146. The van der Waals surface area contributed by atoms with Gasteiger partial charge in [0.1, 0.15) is 25.4 Å². The van der Waals surface area contributed by atoms with E-state index >= 15 is 0 Å². The number of hydrogen-bond donors (Lipinski definition) is 4. The zero-order chi connectivity index (χ0) is 92.1. The number of rotatable bonds is 95. The fourth-order valence-corrected chi connectivity index (χ4v) is 15.3. The minimum Gasteiger partial charge on any atom is -0.463 e. The Hall–Kier alpha value is -5.61. The van der Waals surface area contributed by atoms with Gasteiger partial charge in [0.2, 0.25) is 0 Å². The summed E-state index contributed by atoms with van der Waals surface area (Å²) in [6, 6.07) is 0. The van der Waals surface area contributed by atoms with E-state index in [4.69, 9.17) is 32.3 Å². The van der Waals surface area contributed by atoms with Crippen LogP contribution in [-0.4, -0.2) is 95.9 Å². The molecule has 0 amide bonds. The fraction of sp³-hybridized carbons (Fsp3) is 0.679. The Bertz CT molecular complexity index is 3090. The molecule has 0 radical (unpaired) electrons. The summed E-state index contributed by atoms with van der Waals surface area (Å²) >= 11 is 0. The third kappa shape index (κ3) is 101. The van der Waals surface area contributed by atoms with Crippen molar-refractivity contribution >= 4 is 33.6 Å². The van der Waals surface area contributed by atoms with Gasteiger partial charge in [0.25, 0.3) is 0 Å². The van der Waals surface area contributed by atoms with Crippen molar-refractivity contribution in [2.24, 2.45) is 0 Å². The standard InChI is InChI=1S/C109H184O16P2/c1-4-7-10-13-16-19-22-25-28-31-34-37-40-43-46-49-51-54-56-59-62-65-68-71-74-77-80-83-86-89-92-95-107(112)119-98-104(110)99-121-126(115,116)122-100-105(111)101-123-127(117,118)124-103-106(125-109(114)97-94-91-88-85-82-79-76-73-70-67-64-61-58-53-48-45-42-39-36-33-30-27-24-21-18-15-12-9-6-3)102-120-108(113)96-93-90-87-84-81-78-75-72-69-66-63-60-57-55-52-50-47-44-41-38-35-32-29-26-23-20-17-14-11-8-5-2/h7-8,10-11,16-21,25-30,34-39,43-48,51-52,54-55,104-106,110-111H,4-6,9,12-15,22-24,31-33,40-42,49-50,53,56-103H2,1-3H3,(H,115,116)(H,117,118)/b10-7-,11-8-,19-16-,20-17-,21-18-,28-25-,29-26-,30-27-,37-34-,38-35-,39-36-,46-43-,47-44-,48-45-,54-51-,55-52-. The molecule has 0 aliphatic carbocycles. The Morgan fingerprint density at radius 1 is 0.228 bits per heavy atom. The van der Waals surface area contributed by atoms with Gasteiger partial charge in [-0.1, -0.05) is 427 Å². The second-order valence-corrected chi connectivity index (χ2v) is 36.4. The van der Waals surface area contributed by atoms with Gasteiger partial charge in [0.15, 0.2) is 6.10 Å². The average Bonchev–Trinajstić information content (AvgIpc) is 0.955. The first kappa shape index (κ1) is 121. The van der Waals surface area contributed by atoms with Crippen LogP contribution in [0.3, 0.4) is 0 Å². The highest BCUT2D eigenvalue weighted by Gasteiger charge is 2.30. The third-order valence-electron chi connectivity index (χ3n) is 21.3. The summed E-state index contributed by atoms with van der Waals surface area (Å²) in [5, 5.41) is 20.8. The summed E-state index contributed by atoms with van der Waals surface area (Å²) in [7, 11) is -9.82. The number of aliphatic hydroxyl groups excluding tert-OH is 2. The SMILES string of the molecule is CC/C=C\C/C=C\C/C=C\C/C=C\C/C=C\C/C=C\CCCCCCCCCCCCCCC(=O)OCC(O)COP(=O)(O)OCC(O)COP(=O)(O)OCC(COC(=O)CCCCCCCCCCCCCC/C=C\C/C=C\C/C=C\C/C=C\C/C=C\C/C=C\CC)OC(=O)CCCCCCCCCCCCCCC/C=C\C/C=C\C/C=C\C/C=C\CCCCC. The number of unbranched alkanes of at least 4 members (excludes halogenated alkanes) is 40. The summed E-state index contributed by atoms with van der Waals surface area (Å²) in [5.41, 5.74) is 0. The predicted molar refractivity (Wildman–Crippen MR) is 537 cm³/mol. The summed E-state index contributed by atoms with van der Waals surface area (Å²) < 4.78 is 61.7. The van der Waals surface area contributed by atoms with Crippen LogP contribution in [0.25, 0.3) is 0 Å². The number of hydrogen-bond acceptors (Lipinski definition) is 14. The number of aliphatic hydroxyl groups is 2. The second kappa shape index (κ2) is 99.4. The molecule has 0 rings (SSSR count). The van der Waals surface area contributed by atoms with Crippen LogP contribution in [0.1, 0.15) is 419 Å². The molecule has 0 fully saturated rings. The Balaban J connectivity index is 4.66. The van der Waals surface area contributed by atoms with Crippen LogP contribution in [0.5, 0.6) is 0 Å². The Morgan fingerprint density at radius 3 is 0.661 bits per heavy atom.